The average Bonchev–Trinajstić information content (AvgIpc) is 2.71. The normalized spacial score (nSPS) is 15.5. The number of halogens is 1. The second-order valence-corrected chi connectivity index (χ2v) is 13.0. The van der Waals surface area contributed by atoms with Crippen LogP contribution in [0.5, 0.6) is 0 Å². The van der Waals surface area contributed by atoms with Gasteiger partial charge >= 0.3 is 0 Å². The second kappa shape index (κ2) is 7.67. The van der Waals surface area contributed by atoms with Crippen molar-refractivity contribution in [2.75, 3.05) is 19.0 Å². The summed E-state index contributed by atoms with van der Waals surface area (Å²) in [5.41, 5.74) is 0.518. The lowest BCUT2D eigenvalue weighted by atomic mass is 10.1. The highest BCUT2D eigenvalue weighted by Gasteiger charge is 2.40. The van der Waals surface area contributed by atoms with Crippen molar-refractivity contribution < 1.29 is 25.3 Å². The standard InChI is InChI=1S/C19H17ClN4O6S3/c1-23(2)16-7-3-6-13-12(16)5-4-8-17(13)32(27,28)24-11-22-15-9-14(20)18(31(21,25)26)10-19(15)33(24,29)30/h3-11H,1-2H3,(H2,21,25,26). The highest BCUT2D eigenvalue weighted by Crippen LogP contribution is 2.39. The van der Waals surface area contributed by atoms with E-state index in [0.717, 1.165) is 11.8 Å². The van der Waals surface area contributed by atoms with Crippen molar-refractivity contribution in [3.8, 4) is 0 Å². The van der Waals surface area contributed by atoms with E-state index < -0.39 is 39.9 Å². The van der Waals surface area contributed by atoms with Crippen molar-refractivity contribution >= 4 is 70.2 Å². The van der Waals surface area contributed by atoms with Crippen LogP contribution in [0.3, 0.4) is 0 Å². The summed E-state index contributed by atoms with van der Waals surface area (Å²) in [6.45, 7) is 0. The van der Waals surface area contributed by atoms with E-state index in [-0.39, 0.29) is 19.3 Å². The molecule has 3 aromatic carbocycles. The molecule has 1 heterocycles. The Morgan fingerprint density at radius 2 is 1.61 bits per heavy atom. The van der Waals surface area contributed by atoms with Crippen LogP contribution in [0, 0.1) is 0 Å². The van der Waals surface area contributed by atoms with Crippen LogP contribution in [-0.4, -0.2) is 49.4 Å². The number of nitrogens with zero attached hydrogens (tertiary/aromatic N) is 3. The minimum absolute atomic E-state index is 0.111. The summed E-state index contributed by atoms with van der Waals surface area (Å²) in [6, 6.07) is 11.2. The van der Waals surface area contributed by atoms with Crippen molar-refractivity contribution in [1.82, 2.24) is 3.71 Å². The monoisotopic (exact) mass is 528 g/mol. The Labute approximate surface area is 196 Å². The fourth-order valence-electron chi connectivity index (χ4n) is 3.49. The summed E-state index contributed by atoms with van der Waals surface area (Å²) in [6.07, 6.45) is 0.647. The van der Waals surface area contributed by atoms with Gasteiger partial charge in [0.15, 0.2) is 0 Å². The van der Waals surface area contributed by atoms with Gasteiger partial charge in [-0.05, 0) is 24.3 Å². The van der Waals surface area contributed by atoms with E-state index in [1.54, 1.807) is 43.3 Å². The van der Waals surface area contributed by atoms with Gasteiger partial charge in [0, 0.05) is 30.6 Å². The fourth-order valence-corrected chi connectivity index (χ4v) is 8.25. The minimum atomic E-state index is -4.78. The zero-order valence-corrected chi connectivity index (χ0v) is 20.4. The highest BCUT2D eigenvalue weighted by molar-refractivity contribution is 8.05. The summed E-state index contributed by atoms with van der Waals surface area (Å²) in [4.78, 5) is 4.10. The first-order chi connectivity index (χ1) is 15.3. The van der Waals surface area contributed by atoms with Gasteiger partial charge in [-0.15, -0.1) is 3.71 Å². The van der Waals surface area contributed by atoms with E-state index in [9.17, 15) is 25.3 Å². The number of aliphatic imine (C=N–C) groups is 1. The predicted octanol–water partition coefficient (Wildman–Crippen LogP) is 2.26. The number of hydrogen-bond acceptors (Lipinski definition) is 8. The Morgan fingerprint density at radius 3 is 2.24 bits per heavy atom. The molecule has 10 nitrogen and oxygen atoms in total. The van der Waals surface area contributed by atoms with Gasteiger partial charge in [0.1, 0.15) is 16.1 Å². The van der Waals surface area contributed by atoms with Crippen LogP contribution in [0.15, 0.2) is 68.2 Å². The topological polar surface area (TPSA) is 147 Å². The van der Waals surface area contributed by atoms with Gasteiger partial charge in [0.25, 0.3) is 20.0 Å². The van der Waals surface area contributed by atoms with Crippen molar-refractivity contribution in [3.63, 3.8) is 0 Å². The summed E-state index contributed by atoms with van der Waals surface area (Å²) in [5.74, 6) is 0. The maximum Gasteiger partial charge on any atom is 0.280 e. The molecule has 0 bridgehead atoms. The van der Waals surface area contributed by atoms with Crippen molar-refractivity contribution in [1.29, 1.82) is 0 Å². The minimum Gasteiger partial charge on any atom is -0.377 e. The molecule has 1 aliphatic heterocycles. The van der Waals surface area contributed by atoms with Gasteiger partial charge in [-0.1, -0.05) is 35.9 Å². The first kappa shape index (κ1) is 23.4. The summed E-state index contributed by atoms with van der Waals surface area (Å²) in [5, 5.41) is 5.67. The fraction of sp³-hybridized carbons (Fsp3) is 0.105. The van der Waals surface area contributed by atoms with Crippen LogP contribution in [0.25, 0.3) is 10.8 Å². The van der Waals surface area contributed by atoms with Gasteiger partial charge in [-0.2, -0.15) is 16.8 Å². The van der Waals surface area contributed by atoms with Gasteiger partial charge in [0.2, 0.25) is 10.0 Å². The van der Waals surface area contributed by atoms with Crippen LogP contribution in [0.4, 0.5) is 11.4 Å². The third-order valence-electron chi connectivity index (χ3n) is 4.98. The molecule has 2 N–H and O–H groups in total. The molecule has 0 amide bonds. The maximum absolute atomic E-state index is 13.5. The molecule has 0 fully saturated rings. The van der Waals surface area contributed by atoms with E-state index in [2.05, 4.69) is 4.99 Å². The Kier molecular flexibility index (Phi) is 5.45. The maximum atomic E-state index is 13.5. The highest BCUT2D eigenvalue weighted by atomic mass is 35.5. The lowest BCUT2D eigenvalue weighted by molar-refractivity contribution is 0.547. The Morgan fingerprint density at radius 1 is 0.970 bits per heavy atom. The number of primary sulfonamides is 1. The number of anilines is 1. The largest absolute Gasteiger partial charge is 0.377 e. The Bertz CT molecular complexity index is 1670. The molecular formula is C19H17ClN4O6S3. The number of hydrogen-bond donors (Lipinski definition) is 1. The summed E-state index contributed by atoms with van der Waals surface area (Å²) >= 11 is 5.90. The molecule has 3 aromatic rings. The number of benzene rings is 3. The lowest BCUT2D eigenvalue weighted by Crippen LogP contribution is -2.37. The van der Waals surface area contributed by atoms with E-state index in [1.165, 1.54) is 12.1 Å². The molecule has 33 heavy (non-hydrogen) atoms. The first-order valence-corrected chi connectivity index (χ1v) is 14.0. The molecule has 174 valence electrons. The van der Waals surface area contributed by atoms with Crippen molar-refractivity contribution in [2.45, 2.75) is 14.7 Å². The van der Waals surface area contributed by atoms with Gasteiger partial charge in [-0.3, -0.25) is 0 Å². The Balaban J connectivity index is 1.95. The van der Waals surface area contributed by atoms with E-state index in [4.69, 9.17) is 16.7 Å². The van der Waals surface area contributed by atoms with Gasteiger partial charge < -0.3 is 4.90 Å². The van der Waals surface area contributed by atoms with Crippen LogP contribution in [0.1, 0.15) is 0 Å². The molecule has 0 atom stereocenters. The molecular weight excluding hydrogens is 512 g/mol. The van der Waals surface area contributed by atoms with Gasteiger partial charge in [-0.25, -0.2) is 18.5 Å². The lowest BCUT2D eigenvalue weighted by Gasteiger charge is -2.25. The molecule has 0 saturated heterocycles. The molecule has 0 spiro atoms. The second-order valence-electron chi connectivity index (χ2n) is 7.30. The third-order valence-corrected chi connectivity index (χ3v) is 10.5. The molecule has 14 heteroatoms. The summed E-state index contributed by atoms with van der Waals surface area (Å²) in [7, 11) is -10.2. The number of sulfonamides is 3. The van der Waals surface area contributed by atoms with Crippen LogP contribution >= 0.6 is 11.6 Å². The molecule has 0 unspecified atom stereocenters. The average molecular weight is 529 g/mol. The van der Waals surface area contributed by atoms with E-state index in [0.29, 0.717) is 23.2 Å². The quantitative estimate of drug-likeness (QED) is 0.546. The predicted molar refractivity (Wildman–Crippen MR) is 125 cm³/mol. The Hall–Kier alpha value is -2.71. The summed E-state index contributed by atoms with van der Waals surface area (Å²) < 4.78 is 77.4. The molecule has 0 radical (unpaired) electrons. The van der Waals surface area contributed by atoms with Crippen LogP contribution in [0.2, 0.25) is 5.02 Å². The van der Waals surface area contributed by atoms with Crippen molar-refractivity contribution in [2.24, 2.45) is 10.1 Å². The number of fused-ring (bicyclic) bond motifs is 2. The van der Waals surface area contributed by atoms with Crippen LogP contribution < -0.4 is 10.0 Å². The first-order valence-electron chi connectivity index (χ1n) is 9.15. The zero-order chi connectivity index (χ0) is 24.3. The molecule has 1 aliphatic rings. The molecule has 0 aromatic heterocycles. The van der Waals surface area contributed by atoms with E-state index >= 15 is 0 Å². The SMILES string of the molecule is CN(C)c1cccc2c(S(=O)(=O)N3C=Nc4cc(Cl)c(S(N)(=O)=O)cc4S3(=O)=O)cccc12. The van der Waals surface area contributed by atoms with E-state index in [1.807, 2.05) is 0 Å². The molecule has 4 rings (SSSR count). The third kappa shape index (κ3) is 3.75. The van der Waals surface area contributed by atoms with Gasteiger partial charge in [0.05, 0.1) is 15.6 Å². The number of rotatable bonds is 4. The molecule has 0 saturated carbocycles. The number of nitrogens with two attached hydrogens (primary N) is 1. The van der Waals surface area contributed by atoms with Crippen molar-refractivity contribution in [3.05, 3.63) is 53.6 Å². The molecule has 0 aliphatic carbocycles. The smallest absolute Gasteiger partial charge is 0.280 e. The zero-order valence-electron chi connectivity index (χ0n) is 17.2. The van der Waals surface area contributed by atoms with Crippen LogP contribution in [-0.2, 0) is 30.1 Å².